The van der Waals surface area contributed by atoms with Crippen LogP contribution in [0.2, 0.25) is 0 Å². The highest BCUT2D eigenvalue weighted by Crippen LogP contribution is 2.27. The van der Waals surface area contributed by atoms with Gasteiger partial charge in [-0.15, -0.1) is 0 Å². The molecule has 0 spiro atoms. The van der Waals surface area contributed by atoms with Crippen LogP contribution in [0.15, 0.2) is 28.3 Å². The summed E-state index contributed by atoms with van der Waals surface area (Å²) >= 11 is 0. The van der Waals surface area contributed by atoms with E-state index < -0.39 is 0 Å². The molecule has 0 fully saturated rings. The number of rotatable bonds is 3. The van der Waals surface area contributed by atoms with Crippen LogP contribution in [-0.4, -0.2) is 45.6 Å². The molecule has 1 aromatic carbocycles. The summed E-state index contributed by atoms with van der Waals surface area (Å²) in [6.45, 7) is 1.90. The molecule has 0 bridgehead atoms. The number of hydrogen-bond donors (Lipinski definition) is 4. The Bertz CT molecular complexity index is 579. The number of benzene rings is 1. The van der Waals surface area contributed by atoms with E-state index in [2.05, 4.69) is 10.1 Å². The summed E-state index contributed by atoms with van der Waals surface area (Å²) in [4.78, 5) is 4.30. The van der Waals surface area contributed by atoms with Gasteiger partial charge in [-0.05, 0) is 19.1 Å². The Kier molecular flexibility index (Phi) is 3.48. The van der Waals surface area contributed by atoms with Crippen LogP contribution in [-0.2, 0) is 0 Å². The molecule has 0 aliphatic carbocycles. The topological polar surface area (TPSA) is 118 Å². The lowest BCUT2D eigenvalue weighted by Gasteiger charge is -2.11. The number of nitrogens with one attached hydrogen (secondary N) is 1. The summed E-state index contributed by atoms with van der Waals surface area (Å²) in [5, 5.41) is 31.6. The van der Waals surface area contributed by atoms with Crippen LogP contribution < -0.4 is 5.73 Å². The normalized spacial score (nSPS) is 17.2. The zero-order valence-electron chi connectivity index (χ0n) is 10.5. The molecule has 0 atom stereocenters. The number of phenolic OH excluding ortho intramolecular Hbond substituents is 1. The Labute approximate surface area is 110 Å². The number of hydrogen-bond acceptors (Lipinski definition) is 6. The predicted molar refractivity (Wildman–Crippen MR) is 74.2 cm³/mol. The Morgan fingerprint density at radius 3 is 2.84 bits per heavy atom. The number of anilines is 1. The zero-order chi connectivity index (χ0) is 14.0. The maximum Gasteiger partial charge on any atom is 0.169 e. The van der Waals surface area contributed by atoms with Crippen molar-refractivity contribution in [1.29, 1.82) is 5.41 Å². The standard InChI is InChI=1S/C12H15N5O2/c1-7-11(12(14)17(16-7)4-5-18)15-10-3-2-8(19)6-9(10)13/h2-3,6,14,18-19H,4-5,13H2,1H3. The van der Waals surface area contributed by atoms with Gasteiger partial charge in [0.25, 0.3) is 0 Å². The molecule has 0 saturated carbocycles. The van der Waals surface area contributed by atoms with Crippen LogP contribution in [0.5, 0.6) is 5.75 Å². The third-order valence-corrected chi connectivity index (χ3v) is 2.65. The second-order valence-electron chi connectivity index (χ2n) is 4.08. The first-order valence-electron chi connectivity index (χ1n) is 5.73. The smallest absolute Gasteiger partial charge is 0.169 e. The average Bonchev–Trinajstić information content (AvgIpc) is 2.60. The molecule has 7 heteroatoms. The summed E-state index contributed by atoms with van der Waals surface area (Å²) < 4.78 is 0. The van der Waals surface area contributed by atoms with Gasteiger partial charge < -0.3 is 15.9 Å². The van der Waals surface area contributed by atoms with E-state index >= 15 is 0 Å². The van der Waals surface area contributed by atoms with E-state index in [9.17, 15) is 5.11 Å². The number of nitrogen functional groups attached to an aromatic ring is 1. The number of β-amino-alcohol motifs (C(OH)–C–C–N with tert-alkyl or cyclic N) is 1. The number of hydrazone groups is 1. The second-order valence-corrected chi connectivity index (χ2v) is 4.08. The molecule has 0 radical (unpaired) electrons. The van der Waals surface area contributed by atoms with Crippen LogP contribution in [0, 0.1) is 5.41 Å². The van der Waals surface area contributed by atoms with E-state index in [0.29, 0.717) is 22.8 Å². The van der Waals surface area contributed by atoms with E-state index in [0.717, 1.165) is 0 Å². The molecule has 1 aliphatic rings. The van der Waals surface area contributed by atoms with Crippen LogP contribution in [0.3, 0.4) is 0 Å². The van der Waals surface area contributed by atoms with Crippen molar-refractivity contribution in [3.63, 3.8) is 0 Å². The highest BCUT2D eigenvalue weighted by atomic mass is 16.3. The fraction of sp³-hybridized carbons (Fsp3) is 0.250. The van der Waals surface area contributed by atoms with Crippen molar-refractivity contribution in [3.8, 4) is 5.75 Å². The fourth-order valence-corrected chi connectivity index (χ4v) is 1.73. The minimum atomic E-state index is -0.0895. The van der Waals surface area contributed by atoms with Crippen molar-refractivity contribution in [2.24, 2.45) is 10.1 Å². The van der Waals surface area contributed by atoms with Gasteiger partial charge in [0, 0.05) is 6.07 Å². The van der Waals surface area contributed by atoms with Gasteiger partial charge in [0.2, 0.25) is 0 Å². The first-order valence-corrected chi connectivity index (χ1v) is 5.73. The molecule has 5 N–H and O–H groups in total. The number of aliphatic hydroxyl groups excluding tert-OH is 1. The molecular weight excluding hydrogens is 246 g/mol. The maximum absolute atomic E-state index is 9.28. The highest BCUT2D eigenvalue weighted by Gasteiger charge is 2.25. The molecule has 100 valence electrons. The van der Waals surface area contributed by atoms with Gasteiger partial charge >= 0.3 is 0 Å². The molecule has 1 aliphatic heterocycles. The monoisotopic (exact) mass is 261 g/mol. The first kappa shape index (κ1) is 13.0. The van der Waals surface area contributed by atoms with Gasteiger partial charge in [-0.25, -0.2) is 10.0 Å². The van der Waals surface area contributed by atoms with E-state index in [1.165, 1.54) is 17.1 Å². The second kappa shape index (κ2) is 5.07. The van der Waals surface area contributed by atoms with Crippen molar-refractivity contribution in [2.45, 2.75) is 6.92 Å². The molecule has 19 heavy (non-hydrogen) atoms. The van der Waals surface area contributed by atoms with Gasteiger partial charge in [0.15, 0.2) is 5.84 Å². The van der Waals surface area contributed by atoms with Gasteiger partial charge in [-0.2, -0.15) is 5.10 Å². The van der Waals surface area contributed by atoms with Gasteiger partial charge in [0.1, 0.15) is 11.5 Å². The van der Waals surface area contributed by atoms with E-state index in [4.69, 9.17) is 16.2 Å². The van der Waals surface area contributed by atoms with E-state index in [1.54, 1.807) is 13.0 Å². The first-order chi connectivity index (χ1) is 9.02. The molecule has 7 nitrogen and oxygen atoms in total. The molecule has 0 amide bonds. The van der Waals surface area contributed by atoms with Crippen LogP contribution in [0.4, 0.5) is 11.4 Å². The van der Waals surface area contributed by atoms with Crippen molar-refractivity contribution in [3.05, 3.63) is 18.2 Å². The molecule has 1 aromatic rings. The maximum atomic E-state index is 9.28. The quantitative estimate of drug-likeness (QED) is 0.599. The Hall–Kier alpha value is -2.41. The number of amidine groups is 1. The lowest BCUT2D eigenvalue weighted by molar-refractivity contribution is 0.255. The SMILES string of the molecule is CC1=NN(CCO)C(=N)C1=Nc1ccc(O)cc1N. The van der Waals surface area contributed by atoms with Crippen LogP contribution in [0.1, 0.15) is 6.92 Å². The van der Waals surface area contributed by atoms with Gasteiger partial charge in [0.05, 0.1) is 30.2 Å². The lowest BCUT2D eigenvalue weighted by atomic mass is 10.2. The van der Waals surface area contributed by atoms with Crippen molar-refractivity contribution >= 4 is 28.6 Å². The summed E-state index contributed by atoms with van der Waals surface area (Å²) in [7, 11) is 0. The van der Waals surface area contributed by atoms with E-state index in [-0.39, 0.29) is 24.7 Å². The number of nitrogens with zero attached hydrogens (tertiary/aromatic N) is 3. The van der Waals surface area contributed by atoms with Gasteiger partial charge in [-0.3, -0.25) is 5.41 Å². The van der Waals surface area contributed by atoms with Crippen molar-refractivity contribution in [2.75, 3.05) is 18.9 Å². The largest absolute Gasteiger partial charge is 0.508 e. The number of phenols is 1. The third kappa shape index (κ3) is 2.55. The number of nitrogens with two attached hydrogens (primary N) is 1. The average molecular weight is 261 g/mol. The van der Waals surface area contributed by atoms with Crippen molar-refractivity contribution < 1.29 is 10.2 Å². The van der Waals surface area contributed by atoms with Crippen molar-refractivity contribution in [1.82, 2.24) is 5.01 Å². The molecular formula is C12H15N5O2. The fourth-order valence-electron chi connectivity index (χ4n) is 1.73. The minimum Gasteiger partial charge on any atom is -0.508 e. The summed E-state index contributed by atoms with van der Waals surface area (Å²) in [5.74, 6) is 0.189. The summed E-state index contributed by atoms with van der Waals surface area (Å²) in [6.07, 6.45) is 0. The number of aliphatic imine (C=N–C) groups is 1. The summed E-state index contributed by atoms with van der Waals surface area (Å²) in [5.41, 5.74) is 7.55. The Morgan fingerprint density at radius 1 is 1.47 bits per heavy atom. The number of aliphatic hydroxyl groups is 1. The van der Waals surface area contributed by atoms with E-state index in [1.807, 2.05) is 0 Å². The Balaban J connectivity index is 2.34. The third-order valence-electron chi connectivity index (χ3n) is 2.65. The minimum absolute atomic E-state index is 0.0650. The Morgan fingerprint density at radius 2 is 2.21 bits per heavy atom. The van der Waals surface area contributed by atoms with Crippen LogP contribution in [0.25, 0.3) is 0 Å². The number of aromatic hydroxyl groups is 1. The summed E-state index contributed by atoms with van der Waals surface area (Å²) in [6, 6.07) is 4.45. The van der Waals surface area contributed by atoms with Gasteiger partial charge in [-0.1, -0.05) is 0 Å². The molecule has 2 rings (SSSR count). The van der Waals surface area contributed by atoms with Crippen LogP contribution >= 0.6 is 0 Å². The predicted octanol–water partition coefficient (Wildman–Crippen LogP) is 0.708. The lowest BCUT2D eigenvalue weighted by Crippen LogP contribution is -2.28. The molecule has 0 unspecified atom stereocenters. The zero-order valence-corrected chi connectivity index (χ0v) is 10.5. The highest BCUT2D eigenvalue weighted by molar-refractivity contribution is 6.69. The molecule has 0 saturated heterocycles. The molecule has 1 heterocycles. The molecule has 0 aromatic heterocycles.